The smallest absolute Gasteiger partial charge is 0.237 e. The zero-order valence-electron chi connectivity index (χ0n) is 12.9. The number of carbonyl (C=O) groups is 1. The molecule has 0 saturated carbocycles. The number of hydrogen-bond donors (Lipinski definition) is 0. The molecule has 1 aliphatic heterocycles. The maximum Gasteiger partial charge on any atom is 0.237 e. The Bertz CT molecular complexity index is 526. The molecule has 1 unspecified atom stereocenters. The second-order valence-electron chi connectivity index (χ2n) is 5.77. The van der Waals surface area contributed by atoms with Crippen molar-refractivity contribution in [1.29, 1.82) is 0 Å². The summed E-state index contributed by atoms with van der Waals surface area (Å²) < 4.78 is 10.5. The van der Waals surface area contributed by atoms with Crippen LogP contribution in [0.4, 0.5) is 5.69 Å². The highest BCUT2D eigenvalue weighted by molar-refractivity contribution is 6.05. The van der Waals surface area contributed by atoms with Crippen molar-refractivity contribution in [2.45, 2.75) is 20.0 Å². The molecule has 0 bridgehead atoms. The third-order valence-electron chi connectivity index (χ3n) is 3.79. The number of carbonyl (C=O) groups excluding carboxylic acids is 1. The minimum atomic E-state index is -0.378. The molecular weight excluding hydrogens is 256 g/mol. The fourth-order valence-corrected chi connectivity index (χ4v) is 2.90. The van der Waals surface area contributed by atoms with E-state index in [1.54, 1.807) is 19.1 Å². The molecule has 1 aromatic rings. The van der Waals surface area contributed by atoms with E-state index in [0.717, 1.165) is 5.69 Å². The average molecular weight is 278 g/mol. The van der Waals surface area contributed by atoms with Crippen molar-refractivity contribution < 1.29 is 14.3 Å². The summed E-state index contributed by atoms with van der Waals surface area (Å²) >= 11 is 0. The van der Waals surface area contributed by atoms with Gasteiger partial charge in [-0.05, 0) is 40.1 Å². The van der Waals surface area contributed by atoms with Crippen molar-refractivity contribution >= 4 is 11.6 Å². The van der Waals surface area contributed by atoms with Crippen LogP contribution in [0.3, 0.4) is 0 Å². The van der Waals surface area contributed by atoms with Gasteiger partial charge in [-0.1, -0.05) is 0 Å². The molecule has 1 atom stereocenters. The van der Waals surface area contributed by atoms with E-state index in [1.165, 1.54) is 0 Å². The molecule has 5 heteroatoms. The Morgan fingerprint density at radius 3 is 2.25 bits per heavy atom. The zero-order chi connectivity index (χ0) is 15.1. The van der Waals surface area contributed by atoms with Gasteiger partial charge in [-0.3, -0.25) is 14.6 Å². The van der Waals surface area contributed by atoms with Crippen LogP contribution in [-0.4, -0.2) is 45.3 Å². The van der Waals surface area contributed by atoms with Gasteiger partial charge >= 0.3 is 0 Å². The molecule has 5 nitrogen and oxygen atoms in total. The van der Waals surface area contributed by atoms with Gasteiger partial charge in [0.25, 0.3) is 0 Å². The summed E-state index contributed by atoms with van der Waals surface area (Å²) in [5.74, 6) is 1.40. The molecule has 0 aromatic heterocycles. The molecule has 0 radical (unpaired) electrons. The maximum absolute atomic E-state index is 12.4. The fraction of sp³-hybridized carbons (Fsp3) is 0.533. The lowest BCUT2D eigenvalue weighted by molar-refractivity contribution is -0.142. The van der Waals surface area contributed by atoms with Crippen LogP contribution in [0.25, 0.3) is 0 Å². The van der Waals surface area contributed by atoms with Gasteiger partial charge in [0.1, 0.15) is 6.17 Å². The average Bonchev–Trinajstić information content (AvgIpc) is 2.42. The Morgan fingerprint density at radius 2 is 1.75 bits per heavy atom. The molecule has 2 rings (SSSR count). The number of methoxy groups -OCH3 is 2. The van der Waals surface area contributed by atoms with Crippen LogP contribution >= 0.6 is 0 Å². The van der Waals surface area contributed by atoms with Gasteiger partial charge in [0.15, 0.2) is 11.5 Å². The Kier molecular flexibility index (Phi) is 3.65. The Hall–Kier alpha value is -1.75. The van der Waals surface area contributed by atoms with Crippen molar-refractivity contribution in [3.63, 3.8) is 0 Å². The molecule has 0 aliphatic carbocycles. The summed E-state index contributed by atoms with van der Waals surface area (Å²) in [4.78, 5) is 16.2. The highest BCUT2D eigenvalue weighted by atomic mass is 16.5. The largest absolute Gasteiger partial charge is 0.493 e. The summed E-state index contributed by atoms with van der Waals surface area (Å²) in [6.07, 6.45) is 0.0353. The molecule has 1 amide bonds. The Morgan fingerprint density at radius 1 is 1.15 bits per heavy atom. The van der Waals surface area contributed by atoms with Gasteiger partial charge < -0.3 is 9.47 Å². The van der Waals surface area contributed by atoms with Crippen LogP contribution in [0.15, 0.2) is 18.2 Å². The molecule has 1 saturated heterocycles. The summed E-state index contributed by atoms with van der Waals surface area (Å²) in [7, 11) is 7.14. The minimum Gasteiger partial charge on any atom is -0.493 e. The van der Waals surface area contributed by atoms with Crippen molar-refractivity contribution in [3.05, 3.63) is 18.2 Å². The SMILES string of the molecule is COc1ccc(N2C(=O)C(C)(C)C2N(C)C)cc1OC. The first-order valence-electron chi connectivity index (χ1n) is 6.56. The first-order valence-corrected chi connectivity index (χ1v) is 6.56. The van der Waals surface area contributed by atoms with Crippen molar-refractivity contribution in [3.8, 4) is 11.5 Å². The predicted molar refractivity (Wildman–Crippen MR) is 78.3 cm³/mol. The first kappa shape index (κ1) is 14.7. The molecule has 20 heavy (non-hydrogen) atoms. The number of benzene rings is 1. The Labute approximate surface area is 120 Å². The first-order chi connectivity index (χ1) is 9.34. The van der Waals surface area contributed by atoms with Gasteiger partial charge in [-0.25, -0.2) is 0 Å². The predicted octanol–water partition coefficient (Wildman–Crippen LogP) is 1.96. The van der Waals surface area contributed by atoms with Gasteiger partial charge in [-0.15, -0.1) is 0 Å². The fourth-order valence-electron chi connectivity index (χ4n) is 2.90. The van der Waals surface area contributed by atoms with E-state index < -0.39 is 0 Å². The van der Waals surface area contributed by atoms with Gasteiger partial charge in [-0.2, -0.15) is 0 Å². The molecule has 110 valence electrons. The quantitative estimate of drug-likeness (QED) is 0.790. The minimum absolute atomic E-state index is 0.0353. The monoisotopic (exact) mass is 278 g/mol. The van der Waals surface area contributed by atoms with Gasteiger partial charge in [0, 0.05) is 11.8 Å². The van der Waals surface area contributed by atoms with E-state index in [-0.39, 0.29) is 17.5 Å². The number of nitrogens with zero attached hydrogens (tertiary/aromatic N) is 2. The Balaban J connectivity index is 2.39. The number of hydrogen-bond acceptors (Lipinski definition) is 4. The lowest BCUT2D eigenvalue weighted by Crippen LogP contribution is -2.71. The summed E-state index contributed by atoms with van der Waals surface area (Å²) in [6, 6.07) is 5.53. The number of β-lactam (4-membered cyclic amide) rings is 1. The highest BCUT2D eigenvalue weighted by Crippen LogP contribution is 2.44. The summed E-state index contributed by atoms with van der Waals surface area (Å²) in [5, 5.41) is 0. The van der Waals surface area contributed by atoms with Crippen LogP contribution in [0, 0.1) is 5.41 Å². The molecule has 1 heterocycles. The number of rotatable bonds is 4. The van der Waals surface area contributed by atoms with Crippen LogP contribution < -0.4 is 14.4 Å². The molecular formula is C15H22N2O3. The summed E-state index contributed by atoms with van der Waals surface area (Å²) in [5.41, 5.74) is 0.446. The normalized spacial score (nSPS) is 20.9. The van der Waals surface area contributed by atoms with E-state index in [4.69, 9.17) is 9.47 Å². The number of ether oxygens (including phenoxy) is 2. The lowest BCUT2D eigenvalue weighted by atomic mass is 9.77. The topological polar surface area (TPSA) is 42.0 Å². The standard InChI is InChI=1S/C15H22N2O3/c1-15(2)13(16(3)4)17(14(15)18)10-7-8-11(19-5)12(9-10)20-6/h7-9,13H,1-6H3. The van der Waals surface area contributed by atoms with Crippen LogP contribution in [0.5, 0.6) is 11.5 Å². The highest BCUT2D eigenvalue weighted by Gasteiger charge is 2.55. The van der Waals surface area contributed by atoms with E-state index in [0.29, 0.717) is 11.5 Å². The summed E-state index contributed by atoms with van der Waals surface area (Å²) in [6.45, 7) is 3.94. The second-order valence-corrected chi connectivity index (χ2v) is 5.77. The molecule has 1 fully saturated rings. The van der Waals surface area contributed by atoms with Gasteiger partial charge in [0.05, 0.1) is 19.6 Å². The molecule has 1 aliphatic rings. The zero-order valence-corrected chi connectivity index (χ0v) is 12.9. The molecule has 0 N–H and O–H groups in total. The second kappa shape index (κ2) is 4.98. The van der Waals surface area contributed by atoms with Crippen molar-refractivity contribution in [2.24, 2.45) is 5.41 Å². The molecule has 0 spiro atoms. The number of amides is 1. The number of anilines is 1. The lowest BCUT2D eigenvalue weighted by Gasteiger charge is -2.55. The van der Waals surface area contributed by atoms with E-state index in [9.17, 15) is 4.79 Å². The van der Waals surface area contributed by atoms with E-state index in [2.05, 4.69) is 4.90 Å². The van der Waals surface area contributed by atoms with E-state index in [1.807, 2.05) is 46.1 Å². The van der Waals surface area contributed by atoms with Crippen molar-refractivity contribution in [2.75, 3.05) is 33.2 Å². The van der Waals surface area contributed by atoms with E-state index >= 15 is 0 Å². The van der Waals surface area contributed by atoms with Crippen LogP contribution in [0.2, 0.25) is 0 Å². The third kappa shape index (κ3) is 2.02. The maximum atomic E-state index is 12.4. The van der Waals surface area contributed by atoms with Gasteiger partial charge in [0.2, 0.25) is 5.91 Å². The van der Waals surface area contributed by atoms with Crippen LogP contribution in [0.1, 0.15) is 13.8 Å². The third-order valence-corrected chi connectivity index (χ3v) is 3.79. The molecule has 1 aromatic carbocycles. The van der Waals surface area contributed by atoms with Crippen molar-refractivity contribution in [1.82, 2.24) is 4.90 Å². The van der Waals surface area contributed by atoms with Crippen LogP contribution in [-0.2, 0) is 4.79 Å².